The number of pyridine rings is 1. The molecule has 2 fully saturated rings. The SMILES string of the molecule is CC(N)c1ccc(N2CCC3NC(=O)CCC3C2)cn1. The summed E-state index contributed by atoms with van der Waals surface area (Å²) in [5.74, 6) is 0.775. The Morgan fingerprint density at radius 3 is 3.00 bits per heavy atom. The van der Waals surface area contributed by atoms with Crippen LogP contribution in [0.25, 0.3) is 0 Å². The van der Waals surface area contributed by atoms with Crippen LogP contribution in [0.2, 0.25) is 0 Å². The van der Waals surface area contributed by atoms with Crippen molar-refractivity contribution in [3.05, 3.63) is 24.0 Å². The van der Waals surface area contributed by atoms with Crippen LogP contribution in [0.1, 0.15) is 37.9 Å². The second-order valence-electron chi connectivity index (χ2n) is 5.94. The summed E-state index contributed by atoms with van der Waals surface area (Å²) >= 11 is 0. The van der Waals surface area contributed by atoms with Crippen LogP contribution in [0.5, 0.6) is 0 Å². The van der Waals surface area contributed by atoms with Crippen LogP contribution < -0.4 is 16.0 Å². The first-order valence-corrected chi connectivity index (χ1v) is 7.39. The quantitative estimate of drug-likeness (QED) is 0.850. The second kappa shape index (κ2) is 5.40. The van der Waals surface area contributed by atoms with Gasteiger partial charge in [-0.1, -0.05) is 0 Å². The standard InChI is InChI=1S/C15H22N4O/c1-10(16)13-4-3-12(8-17-13)19-7-6-14-11(9-19)2-5-15(20)18-14/h3-4,8,10-11,14H,2,5-7,9,16H2,1H3,(H,18,20). The zero-order valence-electron chi connectivity index (χ0n) is 11.9. The Morgan fingerprint density at radius 1 is 1.45 bits per heavy atom. The molecule has 0 spiro atoms. The van der Waals surface area contributed by atoms with Crippen molar-refractivity contribution in [1.82, 2.24) is 10.3 Å². The Hall–Kier alpha value is -1.62. The summed E-state index contributed by atoms with van der Waals surface area (Å²) in [5, 5.41) is 3.12. The molecule has 2 aliphatic rings. The molecule has 3 unspecified atom stereocenters. The first-order valence-electron chi connectivity index (χ1n) is 7.39. The van der Waals surface area contributed by atoms with Crippen LogP contribution in [-0.4, -0.2) is 30.0 Å². The minimum absolute atomic E-state index is 0.0247. The summed E-state index contributed by atoms with van der Waals surface area (Å²) < 4.78 is 0. The van der Waals surface area contributed by atoms with Crippen LogP contribution >= 0.6 is 0 Å². The number of carbonyl (C=O) groups is 1. The predicted octanol–water partition coefficient (Wildman–Crippen LogP) is 1.21. The van der Waals surface area contributed by atoms with E-state index in [4.69, 9.17) is 5.73 Å². The normalized spacial score (nSPS) is 27.7. The molecular formula is C15H22N4O. The number of hydrogen-bond donors (Lipinski definition) is 2. The Balaban J connectivity index is 1.68. The minimum atomic E-state index is -0.0247. The fraction of sp³-hybridized carbons (Fsp3) is 0.600. The highest BCUT2D eigenvalue weighted by Crippen LogP contribution is 2.28. The maximum absolute atomic E-state index is 11.4. The van der Waals surface area contributed by atoms with Gasteiger partial charge in [-0.15, -0.1) is 0 Å². The molecule has 20 heavy (non-hydrogen) atoms. The van der Waals surface area contributed by atoms with Crippen molar-refractivity contribution in [2.45, 2.75) is 38.3 Å². The van der Waals surface area contributed by atoms with Crippen LogP contribution in [0.4, 0.5) is 5.69 Å². The number of nitrogens with two attached hydrogens (primary N) is 1. The van der Waals surface area contributed by atoms with E-state index in [9.17, 15) is 4.79 Å². The molecule has 3 N–H and O–H groups in total. The lowest BCUT2D eigenvalue weighted by Crippen LogP contribution is -2.54. The molecule has 2 aliphatic heterocycles. The third-order valence-corrected chi connectivity index (χ3v) is 4.42. The summed E-state index contributed by atoms with van der Waals surface area (Å²) in [6.07, 6.45) is 4.60. The average Bonchev–Trinajstić information content (AvgIpc) is 2.47. The summed E-state index contributed by atoms with van der Waals surface area (Å²) in [7, 11) is 0. The number of nitrogens with zero attached hydrogens (tertiary/aromatic N) is 2. The molecule has 1 aromatic heterocycles. The smallest absolute Gasteiger partial charge is 0.220 e. The first kappa shape index (κ1) is 13.4. The summed E-state index contributed by atoms with van der Waals surface area (Å²) in [4.78, 5) is 18.2. The third kappa shape index (κ3) is 2.63. The lowest BCUT2D eigenvalue weighted by atomic mass is 9.85. The van der Waals surface area contributed by atoms with Gasteiger partial charge in [-0.2, -0.15) is 0 Å². The summed E-state index contributed by atoms with van der Waals surface area (Å²) in [5.41, 5.74) is 7.91. The van der Waals surface area contributed by atoms with Crippen LogP contribution in [0.3, 0.4) is 0 Å². The largest absolute Gasteiger partial charge is 0.370 e. The van der Waals surface area contributed by atoms with Crippen LogP contribution in [0.15, 0.2) is 18.3 Å². The van der Waals surface area contributed by atoms with Crippen LogP contribution in [0, 0.1) is 5.92 Å². The van der Waals surface area contributed by atoms with Crippen molar-refractivity contribution < 1.29 is 4.79 Å². The van der Waals surface area contributed by atoms with E-state index in [0.717, 1.165) is 37.3 Å². The lowest BCUT2D eigenvalue weighted by molar-refractivity contribution is -0.124. The number of amides is 1. The van der Waals surface area contributed by atoms with Gasteiger partial charge in [0.1, 0.15) is 0 Å². The molecule has 5 nitrogen and oxygen atoms in total. The molecule has 3 atom stereocenters. The highest BCUT2D eigenvalue weighted by atomic mass is 16.1. The molecule has 0 radical (unpaired) electrons. The van der Waals surface area contributed by atoms with Gasteiger partial charge in [-0.3, -0.25) is 9.78 Å². The van der Waals surface area contributed by atoms with Gasteiger partial charge in [0.15, 0.2) is 0 Å². The lowest BCUT2D eigenvalue weighted by Gasteiger charge is -2.42. The Bertz CT molecular complexity index is 485. The molecule has 3 rings (SSSR count). The molecule has 0 aromatic carbocycles. The van der Waals surface area contributed by atoms with Crippen molar-refractivity contribution in [2.75, 3.05) is 18.0 Å². The van der Waals surface area contributed by atoms with Gasteiger partial charge in [-0.05, 0) is 37.8 Å². The molecule has 5 heteroatoms. The second-order valence-corrected chi connectivity index (χ2v) is 5.94. The van der Waals surface area contributed by atoms with E-state index >= 15 is 0 Å². The molecule has 2 saturated heterocycles. The molecule has 0 aliphatic carbocycles. The maximum atomic E-state index is 11.4. The first-order chi connectivity index (χ1) is 9.63. The highest BCUT2D eigenvalue weighted by molar-refractivity contribution is 5.77. The summed E-state index contributed by atoms with van der Waals surface area (Å²) in [6.45, 7) is 3.92. The van der Waals surface area contributed by atoms with Crippen molar-refractivity contribution in [1.29, 1.82) is 0 Å². The van der Waals surface area contributed by atoms with Crippen molar-refractivity contribution in [3.8, 4) is 0 Å². The fourth-order valence-corrected chi connectivity index (χ4v) is 3.20. The molecule has 1 amide bonds. The number of nitrogens with one attached hydrogen (secondary N) is 1. The topological polar surface area (TPSA) is 71.2 Å². The monoisotopic (exact) mass is 274 g/mol. The average molecular weight is 274 g/mol. The van der Waals surface area contributed by atoms with Gasteiger partial charge in [0.2, 0.25) is 5.91 Å². The van der Waals surface area contributed by atoms with Gasteiger partial charge < -0.3 is 16.0 Å². The van der Waals surface area contributed by atoms with Gasteiger partial charge in [0.05, 0.1) is 17.6 Å². The van der Waals surface area contributed by atoms with E-state index in [1.807, 2.05) is 19.2 Å². The van der Waals surface area contributed by atoms with Gasteiger partial charge >= 0.3 is 0 Å². The van der Waals surface area contributed by atoms with E-state index in [2.05, 4.69) is 21.3 Å². The van der Waals surface area contributed by atoms with Gasteiger partial charge in [0, 0.05) is 31.6 Å². The van der Waals surface area contributed by atoms with Crippen molar-refractivity contribution in [2.24, 2.45) is 11.7 Å². The summed E-state index contributed by atoms with van der Waals surface area (Å²) in [6, 6.07) is 4.45. The Labute approximate surface area is 119 Å². The van der Waals surface area contributed by atoms with Crippen LogP contribution in [-0.2, 0) is 4.79 Å². The maximum Gasteiger partial charge on any atom is 0.220 e. The molecule has 1 aromatic rings. The Morgan fingerprint density at radius 2 is 2.30 bits per heavy atom. The number of anilines is 1. The van der Waals surface area contributed by atoms with Gasteiger partial charge in [0.25, 0.3) is 0 Å². The highest BCUT2D eigenvalue weighted by Gasteiger charge is 2.33. The number of fused-ring (bicyclic) bond motifs is 1. The number of aromatic nitrogens is 1. The zero-order valence-corrected chi connectivity index (χ0v) is 11.9. The molecule has 108 valence electrons. The van der Waals surface area contributed by atoms with E-state index < -0.39 is 0 Å². The van der Waals surface area contributed by atoms with E-state index in [0.29, 0.717) is 18.4 Å². The van der Waals surface area contributed by atoms with E-state index in [-0.39, 0.29) is 11.9 Å². The number of rotatable bonds is 2. The van der Waals surface area contributed by atoms with Crippen molar-refractivity contribution >= 4 is 11.6 Å². The number of hydrogen-bond acceptors (Lipinski definition) is 4. The molecule has 0 saturated carbocycles. The third-order valence-electron chi connectivity index (χ3n) is 4.42. The molecular weight excluding hydrogens is 252 g/mol. The van der Waals surface area contributed by atoms with E-state index in [1.54, 1.807) is 0 Å². The Kier molecular flexibility index (Phi) is 3.61. The van der Waals surface area contributed by atoms with Gasteiger partial charge in [-0.25, -0.2) is 0 Å². The molecule has 3 heterocycles. The predicted molar refractivity (Wildman–Crippen MR) is 78.3 cm³/mol. The zero-order chi connectivity index (χ0) is 14.1. The fourth-order valence-electron chi connectivity index (χ4n) is 3.20. The molecule has 0 bridgehead atoms. The van der Waals surface area contributed by atoms with E-state index in [1.165, 1.54) is 0 Å². The minimum Gasteiger partial charge on any atom is -0.370 e. The number of piperidine rings is 2. The number of carbonyl (C=O) groups excluding carboxylic acids is 1. The van der Waals surface area contributed by atoms with Crippen molar-refractivity contribution in [3.63, 3.8) is 0 Å².